The minimum atomic E-state index is -0.192. The van der Waals surface area contributed by atoms with E-state index in [-0.39, 0.29) is 6.10 Å². The van der Waals surface area contributed by atoms with Gasteiger partial charge in [0, 0.05) is 13.1 Å². The van der Waals surface area contributed by atoms with Crippen molar-refractivity contribution >= 4 is 0 Å². The van der Waals surface area contributed by atoms with E-state index in [0.29, 0.717) is 5.92 Å². The highest BCUT2D eigenvalue weighted by Gasteiger charge is 2.07. The fourth-order valence-corrected chi connectivity index (χ4v) is 1.26. The summed E-state index contributed by atoms with van der Waals surface area (Å²) in [4.78, 5) is 2.34. The Morgan fingerprint density at radius 3 is 2.38 bits per heavy atom. The fraction of sp³-hybridized carbons (Fsp3) is 1.00. The number of nitrogens with zero attached hydrogens (tertiary/aromatic N) is 1. The number of nitrogens with two attached hydrogens (primary N) is 1. The number of aliphatic hydroxyl groups is 1. The SMILES string of the molecule is CCN(CCC(C)O)CC(C)CN. The van der Waals surface area contributed by atoms with Gasteiger partial charge in [0.25, 0.3) is 0 Å². The molecule has 0 fully saturated rings. The molecule has 2 atom stereocenters. The van der Waals surface area contributed by atoms with Crippen LogP contribution in [-0.2, 0) is 0 Å². The van der Waals surface area contributed by atoms with Crippen LogP contribution in [0.4, 0.5) is 0 Å². The molecule has 0 aliphatic carbocycles. The van der Waals surface area contributed by atoms with Crippen molar-refractivity contribution in [3.05, 3.63) is 0 Å². The van der Waals surface area contributed by atoms with Crippen LogP contribution in [0.5, 0.6) is 0 Å². The van der Waals surface area contributed by atoms with Crippen LogP contribution in [0.3, 0.4) is 0 Å². The van der Waals surface area contributed by atoms with Gasteiger partial charge in [0.1, 0.15) is 0 Å². The quantitative estimate of drug-likeness (QED) is 0.617. The Bertz CT molecular complexity index is 117. The molecule has 0 aromatic rings. The summed E-state index contributed by atoms with van der Waals surface area (Å²) < 4.78 is 0. The van der Waals surface area contributed by atoms with Gasteiger partial charge in [0.15, 0.2) is 0 Å². The number of hydrogen-bond donors (Lipinski definition) is 2. The van der Waals surface area contributed by atoms with Crippen molar-refractivity contribution in [3.63, 3.8) is 0 Å². The van der Waals surface area contributed by atoms with Gasteiger partial charge < -0.3 is 15.7 Å². The van der Waals surface area contributed by atoms with E-state index in [4.69, 9.17) is 10.8 Å². The highest BCUT2D eigenvalue weighted by Crippen LogP contribution is 2.00. The van der Waals surface area contributed by atoms with Crippen molar-refractivity contribution < 1.29 is 5.11 Å². The van der Waals surface area contributed by atoms with Crippen LogP contribution in [0.15, 0.2) is 0 Å². The summed E-state index contributed by atoms with van der Waals surface area (Å²) in [5.74, 6) is 0.550. The van der Waals surface area contributed by atoms with Gasteiger partial charge in [-0.15, -0.1) is 0 Å². The molecule has 2 unspecified atom stereocenters. The van der Waals surface area contributed by atoms with E-state index in [9.17, 15) is 0 Å². The minimum absolute atomic E-state index is 0.192. The second-order valence-corrected chi connectivity index (χ2v) is 3.87. The molecule has 0 rings (SSSR count). The summed E-state index contributed by atoms with van der Waals surface area (Å²) in [6.07, 6.45) is 0.660. The summed E-state index contributed by atoms with van der Waals surface area (Å²) in [7, 11) is 0. The van der Waals surface area contributed by atoms with E-state index < -0.39 is 0 Å². The maximum absolute atomic E-state index is 9.14. The van der Waals surface area contributed by atoms with Gasteiger partial charge in [0.05, 0.1) is 6.10 Å². The molecule has 0 heterocycles. The summed E-state index contributed by atoms with van der Waals surface area (Å²) >= 11 is 0. The van der Waals surface area contributed by atoms with E-state index in [2.05, 4.69) is 18.7 Å². The van der Waals surface area contributed by atoms with Gasteiger partial charge in [-0.25, -0.2) is 0 Å². The van der Waals surface area contributed by atoms with Crippen LogP contribution < -0.4 is 5.73 Å². The fourth-order valence-electron chi connectivity index (χ4n) is 1.26. The molecule has 3 nitrogen and oxygen atoms in total. The van der Waals surface area contributed by atoms with Crippen LogP contribution >= 0.6 is 0 Å². The molecular formula is C10H24N2O. The topological polar surface area (TPSA) is 49.5 Å². The van der Waals surface area contributed by atoms with Crippen molar-refractivity contribution in [3.8, 4) is 0 Å². The lowest BCUT2D eigenvalue weighted by Gasteiger charge is -2.24. The second-order valence-electron chi connectivity index (χ2n) is 3.87. The third-order valence-corrected chi connectivity index (χ3v) is 2.28. The third kappa shape index (κ3) is 6.99. The zero-order valence-electron chi connectivity index (χ0n) is 9.16. The molecule has 0 aromatic heterocycles. The lowest BCUT2D eigenvalue weighted by atomic mass is 10.1. The van der Waals surface area contributed by atoms with E-state index in [0.717, 1.165) is 32.6 Å². The molecule has 0 radical (unpaired) electrons. The summed E-state index contributed by atoms with van der Waals surface area (Å²) in [5.41, 5.74) is 5.55. The van der Waals surface area contributed by atoms with Crippen molar-refractivity contribution in [2.75, 3.05) is 26.2 Å². The van der Waals surface area contributed by atoms with Crippen molar-refractivity contribution in [2.24, 2.45) is 11.7 Å². The zero-order chi connectivity index (χ0) is 10.3. The Labute approximate surface area is 81.9 Å². The van der Waals surface area contributed by atoms with Crippen LogP contribution in [-0.4, -0.2) is 42.3 Å². The average Bonchev–Trinajstić information content (AvgIpc) is 2.11. The predicted octanol–water partition coefficient (Wildman–Crippen LogP) is 0.674. The van der Waals surface area contributed by atoms with Gasteiger partial charge in [-0.3, -0.25) is 0 Å². The highest BCUT2D eigenvalue weighted by atomic mass is 16.3. The zero-order valence-corrected chi connectivity index (χ0v) is 9.16. The molecule has 0 aliphatic heterocycles. The molecule has 0 saturated heterocycles. The van der Waals surface area contributed by atoms with E-state index in [1.807, 2.05) is 6.92 Å². The molecule has 0 saturated carbocycles. The number of aliphatic hydroxyl groups excluding tert-OH is 1. The molecule has 0 spiro atoms. The maximum Gasteiger partial charge on any atom is 0.0524 e. The molecule has 13 heavy (non-hydrogen) atoms. The number of hydrogen-bond acceptors (Lipinski definition) is 3. The first kappa shape index (κ1) is 12.9. The van der Waals surface area contributed by atoms with Crippen LogP contribution in [0.1, 0.15) is 27.2 Å². The van der Waals surface area contributed by atoms with Gasteiger partial charge in [-0.05, 0) is 32.4 Å². The Balaban J connectivity index is 3.62. The van der Waals surface area contributed by atoms with Crippen LogP contribution in [0.2, 0.25) is 0 Å². The Morgan fingerprint density at radius 1 is 1.38 bits per heavy atom. The normalized spacial score (nSPS) is 16.2. The lowest BCUT2D eigenvalue weighted by molar-refractivity contribution is 0.152. The molecule has 3 N–H and O–H groups in total. The second kappa shape index (κ2) is 7.30. The van der Waals surface area contributed by atoms with E-state index in [1.165, 1.54) is 0 Å². The van der Waals surface area contributed by atoms with Crippen molar-refractivity contribution in [2.45, 2.75) is 33.3 Å². The molecule has 3 heteroatoms. The highest BCUT2D eigenvalue weighted by molar-refractivity contribution is 4.63. The lowest BCUT2D eigenvalue weighted by Crippen LogP contribution is -2.33. The smallest absolute Gasteiger partial charge is 0.0524 e. The summed E-state index contributed by atoms with van der Waals surface area (Å²) in [6, 6.07) is 0. The predicted molar refractivity (Wildman–Crippen MR) is 56.6 cm³/mol. The van der Waals surface area contributed by atoms with Gasteiger partial charge in [-0.1, -0.05) is 13.8 Å². The Morgan fingerprint density at radius 2 is 2.00 bits per heavy atom. The molecule has 0 aromatic carbocycles. The summed E-state index contributed by atoms with van der Waals surface area (Å²) in [6.45, 7) is 9.93. The Kier molecular flexibility index (Phi) is 7.23. The van der Waals surface area contributed by atoms with Crippen molar-refractivity contribution in [1.82, 2.24) is 4.90 Å². The van der Waals surface area contributed by atoms with Gasteiger partial charge in [-0.2, -0.15) is 0 Å². The molecule has 0 amide bonds. The monoisotopic (exact) mass is 188 g/mol. The minimum Gasteiger partial charge on any atom is -0.393 e. The average molecular weight is 188 g/mol. The largest absolute Gasteiger partial charge is 0.393 e. The summed E-state index contributed by atoms with van der Waals surface area (Å²) in [5, 5.41) is 9.14. The van der Waals surface area contributed by atoms with Crippen LogP contribution in [0, 0.1) is 5.92 Å². The molecule has 80 valence electrons. The third-order valence-electron chi connectivity index (χ3n) is 2.28. The van der Waals surface area contributed by atoms with E-state index >= 15 is 0 Å². The van der Waals surface area contributed by atoms with Crippen LogP contribution in [0.25, 0.3) is 0 Å². The number of rotatable bonds is 7. The standard InChI is InChI=1S/C10H24N2O/c1-4-12(6-5-10(3)13)8-9(2)7-11/h9-10,13H,4-8,11H2,1-3H3. The first-order chi connectivity index (χ1) is 6.10. The molecule has 0 aliphatic rings. The Hall–Kier alpha value is -0.120. The first-order valence-corrected chi connectivity index (χ1v) is 5.20. The van der Waals surface area contributed by atoms with Crippen molar-refractivity contribution in [1.29, 1.82) is 0 Å². The molecular weight excluding hydrogens is 164 g/mol. The van der Waals surface area contributed by atoms with Gasteiger partial charge >= 0.3 is 0 Å². The maximum atomic E-state index is 9.14. The van der Waals surface area contributed by atoms with E-state index in [1.54, 1.807) is 0 Å². The van der Waals surface area contributed by atoms with Gasteiger partial charge in [0.2, 0.25) is 0 Å². The molecule has 0 bridgehead atoms. The first-order valence-electron chi connectivity index (χ1n) is 5.20.